The van der Waals surface area contributed by atoms with Gasteiger partial charge in [0.25, 0.3) is 0 Å². The van der Waals surface area contributed by atoms with Crippen LogP contribution in [-0.2, 0) is 0 Å². The number of hydrogen-bond acceptors (Lipinski definition) is 3. The van der Waals surface area contributed by atoms with Crippen molar-refractivity contribution >= 4 is 0 Å². The van der Waals surface area contributed by atoms with E-state index in [1.165, 1.54) is 52.0 Å². The van der Waals surface area contributed by atoms with Gasteiger partial charge in [-0.25, -0.2) is 0 Å². The first-order valence-electron chi connectivity index (χ1n) is 6.86. The molecule has 3 heteroatoms. The highest BCUT2D eigenvalue weighted by Crippen LogP contribution is 2.21. The Kier molecular flexibility index (Phi) is 5.94. The fourth-order valence-corrected chi connectivity index (χ4v) is 2.28. The van der Waals surface area contributed by atoms with Crippen LogP contribution in [0.5, 0.6) is 0 Å². The van der Waals surface area contributed by atoms with Gasteiger partial charge in [-0.05, 0) is 59.8 Å². The van der Waals surface area contributed by atoms with Crippen LogP contribution < -0.4 is 0 Å². The van der Waals surface area contributed by atoms with Gasteiger partial charge in [0.15, 0.2) is 0 Å². The summed E-state index contributed by atoms with van der Waals surface area (Å²) in [6, 6.07) is 2.38. The van der Waals surface area contributed by atoms with Gasteiger partial charge >= 0.3 is 0 Å². The number of nitriles is 1. The number of unbranched alkanes of at least 4 members (excludes halogenated alkanes) is 1. The summed E-state index contributed by atoms with van der Waals surface area (Å²) < 4.78 is 0. The second kappa shape index (κ2) is 6.98. The van der Waals surface area contributed by atoms with Crippen molar-refractivity contribution in [3.63, 3.8) is 0 Å². The Bertz CT molecular complexity index is 255. The summed E-state index contributed by atoms with van der Waals surface area (Å²) in [5.41, 5.74) is -0.140. The fraction of sp³-hybridized carbons (Fsp3) is 0.929. The van der Waals surface area contributed by atoms with Gasteiger partial charge in [-0.3, -0.25) is 0 Å². The Labute approximate surface area is 106 Å². The topological polar surface area (TPSA) is 30.3 Å². The summed E-state index contributed by atoms with van der Waals surface area (Å²) in [7, 11) is 2.21. The van der Waals surface area contributed by atoms with Crippen LogP contribution >= 0.6 is 0 Å². The molecule has 1 rings (SSSR count). The summed E-state index contributed by atoms with van der Waals surface area (Å²) in [4.78, 5) is 4.99. The molecule has 0 bridgehead atoms. The zero-order valence-electron chi connectivity index (χ0n) is 11.7. The van der Waals surface area contributed by atoms with Crippen LogP contribution in [0.15, 0.2) is 0 Å². The highest BCUT2D eigenvalue weighted by Gasteiger charge is 2.16. The SMILES string of the molecule is CN1CCCN(CCCCC(C)(C)C#N)CC1. The summed E-state index contributed by atoms with van der Waals surface area (Å²) >= 11 is 0. The molecule has 98 valence electrons. The van der Waals surface area contributed by atoms with Crippen molar-refractivity contribution in [1.82, 2.24) is 9.80 Å². The van der Waals surface area contributed by atoms with E-state index < -0.39 is 0 Å². The van der Waals surface area contributed by atoms with Crippen LogP contribution in [0, 0.1) is 16.7 Å². The molecule has 0 aromatic heterocycles. The van der Waals surface area contributed by atoms with E-state index in [2.05, 4.69) is 22.9 Å². The van der Waals surface area contributed by atoms with Gasteiger partial charge in [0.2, 0.25) is 0 Å². The van der Waals surface area contributed by atoms with Crippen LogP contribution in [0.2, 0.25) is 0 Å². The summed E-state index contributed by atoms with van der Waals surface area (Å²) in [5.74, 6) is 0. The van der Waals surface area contributed by atoms with E-state index >= 15 is 0 Å². The van der Waals surface area contributed by atoms with Crippen molar-refractivity contribution in [2.24, 2.45) is 5.41 Å². The second-order valence-corrected chi connectivity index (χ2v) is 5.95. The third-order valence-corrected chi connectivity index (χ3v) is 3.64. The van der Waals surface area contributed by atoms with E-state index in [0.717, 1.165) is 6.42 Å². The number of likely N-dealkylation sites (N-methyl/N-ethyl adjacent to an activating group) is 1. The maximum Gasteiger partial charge on any atom is 0.0683 e. The quantitative estimate of drug-likeness (QED) is 0.688. The minimum Gasteiger partial charge on any atom is -0.305 e. The first-order valence-corrected chi connectivity index (χ1v) is 6.86. The molecule has 0 atom stereocenters. The Morgan fingerprint density at radius 3 is 2.59 bits per heavy atom. The molecule has 1 saturated heterocycles. The monoisotopic (exact) mass is 237 g/mol. The van der Waals surface area contributed by atoms with E-state index in [1.54, 1.807) is 0 Å². The molecular weight excluding hydrogens is 210 g/mol. The Morgan fingerprint density at radius 1 is 1.12 bits per heavy atom. The molecule has 1 heterocycles. The molecule has 0 N–H and O–H groups in total. The van der Waals surface area contributed by atoms with Crippen LogP contribution in [0.4, 0.5) is 0 Å². The van der Waals surface area contributed by atoms with Crippen molar-refractivity contribution in [2.45, 2.75) is 39.5 Å². The van der Waals surface area contributed by atoms with Crippen LogP contribution in [0.1, 0.15) is 39.5 Å². The third-order valence-electron chi connectivity index (χ3n) is 3.64. The van der Waals surface area contributed by atoms with Crippen molar-refractivity contribution in [3.05, 3.63) is 0 Å². The predicted molar refractivity (Wildman–Crippen MR) is 71.8 cm³/mol. The van der Waals surface area contributed by atoms with Gasteiger partial charge in [-0.2, -0.15) is 5.26 Å². The first-order chi connectivity index (χ1) is 8.03. The Balaban J connectivity index is 2.12. The van der Waals surface area contributed by atoms with Crippen molar-refractivity contribution in [3.8, 4) is 6.07 Å². The fourth-order valence-electron chi connectivity index (χ4n) is 2.28. The number of rotatable bonds is 5. The smallest absolute Gasteiger partial charge is 0.0683 e. The molecule has 0 unspecified atom stereocenters. The zero-order valence-corrected chi connectivity index (χ0v) is 11.7. The zero-order chi connectivity index (χ0) is 12.7. The lowest BCUT2D eigenvalue weighted by molar-refractivity contribution is 0.266. The molecule has 0 spiro atoms. The van der Waals surface area contributed by atoms with Gasteiger partial charge in [0.05, 0.1) is 11.5 Å². The molecular formula is C14H27N3. The lowest BCUT2D eigenvalue weighted by atomic mass is 9.89. The lowest BCUT2D eigenvalue weighted by Crippen LogP contribution is -2.29. The molecule has 0 radical (unpaired) electrons. The highest BCUT2D eigenvalue weighted by atomic mass is 15.2. The van der Waals surface area contributed by atoms with Crippen LogP contribution in [0.25, 0.3) is 0 Å². The molecule has 0 amide bonds. The first kappa shape index (κ1) is 14.5. The lowest BCUT2D eigenvalue weighted by Gasteiger charge is -2.21. The minimum atomic E-state index is -0.140. The molecule has 17 heavy (non-hydrogen) atoms. The molecule has 1 aliphatic heterocycles. The number of hydrogen-bond donors (Lipinski definition) is 0. The Hall–Kier alpha value is -0.590. The molecule has 1 fully saturated rings. The number of nitrogens with zero attached hydrogens (tertiary/aromatic N) is 3. The molecule has 0 aromatic carbocycles. The van der Waals surface area contributed by atoms with Crippen LogP contribution in [-0.4, -0.2) is 49.6 Å². The summed E-state index contributed by atoms with van der Waals surface area (Å²) in [6.07, 6.45) is 4.72. The molecule has 1 aliphatic rings. The van der Waals surface area contributed by atoms with E-state index in [4.69, 9.17) is 5.26 Å². The standard InChI is InChI=1S/C14H27N3/c1-14(2,13-15)7-4-5-9-17-10-6-8-16(3)11-12-17/h4-12H2,1-3H3. The summed E-state index contributed by atoms with van der Waals surface area (Å²) in [5, 5.41) is 8.94. The average Bonchev–Trinajstić information content (AvgIpc) is 2.50. The largest absolute Gasteiger partial charge is 0.305 e. The van der Waals surface area contributed by atoms with Gasteiger partial charge in [-0.1, -0.05) is 6.42 Å². The van der Waals surface area contributed by atoms with Gasteiger partial charge in [0.1, 0.15) is 0 Å². The minimum absolute atomic E-state index is 0.140. The normalized spacial score (nSPS) is 19.9. The van der Waals surface area contributed by atoms with Gasteiger partial charge in [-0.15, -0.1) is 0 Å². The highest BCUT2D eigenvalue weighted by molar-refractivity contribution is 4.91. The van der Waals surface area contributed by atoms with Crippen molar-refractivity contribution < 1.29 is 0 Å². The molecule has 0 saturated carbocycles. The van der Waals surface area contributed by atoms with Crippen molar-refractivity contribution in [2.75, 3.05) is 39.8 Å². The van der Waals surface area contributed by atoms with E-state index in [9.17, 15) is 0 Å². The van der Waals surface area contributed by atoms with E-state index in [-0.39, 0.29) is 5.41 Å². The van der Waals surface area contributed by atoms with Gasteiger partial charge in [0, 0.05) is 13.1 Å². The molecule has 0 aliphatic carbocycles. The van der Waals surface area contributed by atoms with Crippen LogP contribution in [0.3, 0.4) is 0 Å². The second-order valence-electron chi connectivity index (χ2n) is 5.95. The Morgan fingerprint density at radius 2 is 1.88 bits per heavy atom. The maximum atomic E-state index is 8.94. The van der Waals surface area contributed by atoms with E-state index in [1.807, 2.05) is 13.8 Å². The maximum absolute atomic E-state index is 8.94. The third kappa shape index (κ3) is 6.05. The van der Waals surface area contributed by atoms with Gasteiger partial charge < -0.3 is 9.80 Å². The molecule has 0 aromatic rings. The summed E-state index contributed by atoms with van der Waals surface area (Å²) in [6.45, 7) is 10.2. The van der Waals surface area contributed by atoms with Crippen molar-refractivity contribution in [1.29, 1.82) is 5.26 Å². The molecule has 3 nitrogen and oxygen atoms in total. The average molecular weight is 237 g/mol. The van der Waals surface area contributed by atoms with E-state index in [0.29, 0.717) is 0 Å². The predicted octanol–water partition coefficient (Wildman–Crippen LogP) is 2.34.